The molecule has 0 bridgehead atoms. The zero-order valence-electron chi connectivity index (χ0n) is 12.4. The van der Waals surface area contributed by atoms with Crippen molar-refractivity contribution in [2.45, 2.75) is 13.0 Å². The molecule has 0 aliphatic rings. The first-order valence-electron chi connectivity index (χ1n) is 7.17. The summed E-state index contributed by atoms with van der Waals surface area (Å²) in [5.41, 5.74) is 5.03. The van der Waals surface area contributed by atoms with Crippen LogP contribution < -0.4 is 10.1 Å². The van der Waals surface area contributed by atoms with Crippen molar-refractivity contribution in [1.29, 1.82) is 0 Å². The van der Waals surface area contributed by atoms with Gasteiger partial charge in [0, 0.05) is 23.8 Å². The molecule has 1 aromatic heterocycles. The second kappa shape index (κ2) is 6.02. The largest absolute Gasteiger partial charge is 0.496 e. The Balaban J connectivity index is 1.96. The van der Waals surface area contributed by atoms with E-state index in [1.54, 1.807) is 7.11 Å². The first-order chi connectivity index (χ1) is 10.3. The molecule has 108 valence electrons. The van der Waals surface area contributed by atoms with Gasteiger partial charge < -0.3 is 15.0 Å². The first-order valence-corrected chi connectivity index (χ1v) is 7.17. The lowest BCUT2D eigenvalue weighted by molar-refractivity contribution is 0.408. The maximum Gasteiger partial charge on any atom is 0.123 e. The van der Waals surface area contributed by atoms with Crippen LogP contribution >= 0.6 is 0 Å². The number of fused-ring (bicyclic) bond motifs is 1. The predicted molar refractivity (Wildman–Crippen MR) is 86.9 cm³/mol. The molecule has 21 heavy (non-hydrogen) atoms. The van der Waals surface area contributed by atoms with E-state index < -0.39 is 0 Å². The minimum absolute atomic E-state index is 0.811. The minimum atomic E-state index is 0.811. The monoisotopic (exact) mass is 280 g/mol. The molecule has 3 aromatic rings. The van der Waals surface area contributed by atoms with Gasteiger partial charge in [-0.25, -0.2) is 0 Å². The fraction of sp³-hybridized carbons (Fsp3) is 0.222. The molecule has 0 aliphatic carbocycles. The number of rotatable bonds is 5. The fourth-order valence-electron chi connectivity index (χ4n) is 2.78. The second-order valence-corrected chi connectivity index (χ2v) is 5.20. The van der Waals surface area contributed by atoms with E-state index in [0.717, 1.165) is 18.7 Å². The van der Waals surface area contributed by atoms with Crippen molar-refractivity contribution < 1.29 is 4.74 Å². The molecule has 0 fully saturated rings. The zero-order valence-corrected chi connectivity index (χ0v) is 12.4. The number of aromatic nitrogens is 1. The van der Waals surface area contributed by atoms with Crippen molar-refractivity contribution in [2.24, 2.45) is 0 Å². The smallest absolute Gasteiger partial charge is 0.123 e. The quantitative estimate of drug-likeness (QED) is 0.750. The van der Waals surface area contributed by atoms with E-state index >= 15 is 0 Å². The molecule has 3 heteroatoms. The Morgan fingerprint density at radius 1 is 1.14 bits per heavy atom. The van der Waals surface area contributed by atoms with Crippen molar-refractivity contribution >= 4 is 10.9 Å². The SMILES string of the molecule is CNCc1c(Cc2ccc3[nH]ccc3c2)cccc1OC. The number of ether oxygens (including phenoxy) is 1. The first kappa shape index (κ1) is 13.7. The lowest BCUT2D eigenvalue weighted by Crippen LogP contribution is -2.09. The Morgan fingerprint density at radius 2 is 2.05 bits per heavy atom. The Bertz CT molecular complexity index is 746. The number of H-pyrrole nitrogens is 1. The van der Waals surface area contributed by atoms with E-state index in [1.807, 2.05) is 19.3 Å². The summed E-state index contributed by atoms with van der Waals surface area (Å²) in [4.78, 5) is 3.23. The van der Waals surface area contributed by atoms with Crippen LogP contribution in [-0.4, -0.2) is 19.1 Å². The third-order valence-corrected chi connectivity index (χ3v) is 3.82. The van der Waals surface area contributed by atoms with E-state index in [-0.39, 0.29) is 0 Å². The van der Waals surface area contributed by atoms with Gasteiger partial charge in [0.25, 0.3) is 0 Å². The van der Waals surface area contributed by atoms with Crippen molar-refractivity contribution in [3.63, 3.8) is 0 Å². The number of hydrogen-bond acceptors (Lipinski definition) is 2. The molecule has 3 rings (SSSR count). The maximum atomic E-state index is 5.49. The average Bonchev–Trinajstić information content (AvgIpc) is 2.96. The summed E-state index contributed by atoms with van der Waals surface area (Å²) in [6.45, 7) is 0.811. The fourth-order valence-corrected chi connectivity index (χ4v) is 2.78. The number of nitrogens with one attached hydrogen (secondary N) is 2. The molecule has 2 aromatic carbocycles. The Morgan fingerprint density at radius 3 is 2.86 bits per heavy atom. The van der Waals surface area contributed by atoms with Crippen molar-refractivity contribution in [3.05, 3.63) is 65.4 Å². The van der Waals surface area contributed by atoms with Gasteiger partial charge in [0.05, 0.1) is 7.11 Å². The van der Waals surface area contributed by atoms with Gasteiger partial charge in [-0.05, 0) is 54.2 Å². The summed E-state index contributed by atoms with van der Waals surface area (Å²) >= 11 is 0. The minimum Gasteiger partial charge on any atom is -0.496 e. The third-order valence-electron chi connectivity index (χ3n) is 3.82. The molecular weight excluding hydrogens is 260 g/mol. The molecule has 0 saturated heterocycles. The Hall–Kier alpha value is -2.26. The highest BCUT2D eigenvalue weighted by Crippen LogP contribution is 2.25. The topological polar surface area (TPSA) is 37.0 Å². The van der Waals surface area contributed by atoms with Crippen LogP contribution in [0.2, 0.25) is 0 Å². The summed E-state index contributed by atoms with van der Waals surface area (Å²) in [6.07, 6.45) is 2.89. The van der Waals surface area contributed by atoms with Crippen LogP contribution in [0.25, 0.3) is 10.9 Å². The van der Waals surface area contributed by atoms with Gasteiger partial charge in [-0.15, -0.1) is 0 Å². The van der Waals surface area contributed by atoms with Crippen LogP contribution in [-0.2, 0) is 13.0 Å². The summed E-state index contributed by atoms with van der Waals surface area (Å²) in [6, 6.07) is 14.9. The van der Waals surface area contributed by atoms with E-state index in [4.69, 9.17) is 4.74 Å². The van der Waals surface area contributed by atoms with Gasteiger partial charge in [-0.2, -0.15) is 0 Å². The van der Waals surface area contributed by atoms with E-state index in [0.29, 0.717) is 0 Å². The van der Waals surface area contributed by atoms with Crippen LogP contribution in [0.15, 0.2) is 48.7 Å². The molecule has 0 unspecified atom stereocenters. The molecule has 0 aliphatic heterocycles. The van der Waals surface area contributed by atoms with E-state index in [2.05, 4.69) is 46.7 Å². The number of aromatic amines is 1. The number of methoxy groups -OCH3 is 1. The summed E-state index contributed by atoms with van der Waals surface area (Å²) < 4.78 is 5.49. The van der Waals surface area contributed by atoms with E-state index in [1.165, 1.54) is 27.6 Å². The Kier molecular flexibility index (Phi) is 3.93. The molecule has 0 spiro atoms. The van der Waals surface area contributed by atoms with Gasteiger partial charge in [-0.3, -0.25) is 0 Å². The molecule has 0 amide bonds. The molecular formula is C18H20N2O. The molecule has 3 nitrogen and oxygen atoms in total. The summed E-state index contributed by atoms with van der Waals surface area (Å²) in [5, 5.41) is 4.48. The van der Waals surface area contributed by atoms with Crippen LogP contribution in [0.4, 0.5) is 0 Å². The molecule has 1 heterocycles. The van der Waals surface area contributed by atoms with Crippen LogP contribution in [0.3, 0.4) is 0 Å². The Labute approximate surface area is 125 Å². The maximum absolute atomic E-state index is 5.49. The van der Waals surface area contributed by atoms with Crippen molar-refractivity contribution in [3.8, 4) is 5.75 Å². The highest BCUT2D eigenvalue weighted by molar-refractivity contribution is 5.80. The normalized spacial score (nSPS) is 11.0. The molecule has 0 atom stereocenters. The lowest BCUT2D eigenvalue weighted by atomic mass is 9.98. The van der Waals surface area contributed by atoms with Gasteiger partial charge in [0.15, 0.2) is 0 Å². The predicted octanol–water partition coefficient (Wildman–Crippen LogP) is 3.49. The highest BCUT2D eigenvalue weighted by atomic mass is 16.5. The average molecular weight is 280 g/mol. The third kappa shape index (κ3) is 2.78. The van der Waals surface area contributed by atoms with Crippen LogP contribution in [0.5, 0.6) is 5.75 Å². The van der Waals surface area contributed by atoms with Crippen LogP contribution in [0, 0.1) is 0 Å². The second-order valence-electron chi connectivity index (χ2n) is 5.20. The number of hydrogen-bond donors (Lipinski definition) is 2. The van der Waals surface area contributed by atoms with Crippen molar-refractivity contribution in [1.82, 2.24) is 10.3 Å². The molecule has 0 radical (unpaired) electrons. The molecule has 2 N–H and O–H groups in total. The van der Waals surface area contributed by atoms with Gasteiger partial charge in [-0.1, -0.05) is 18.2 Å². The lowest BCUT2D eigenvalue weighted by Gasteiger charge is -2.14. The van der Waals surface area contributed by atoms with Gasteiger partial charge >= 0.3 is 0 Å². The zero-order chi connectivity index (χ0) is 14.7. The standard InChI is InChI=1S/C18H20N2O/c1-19-12-16-14(4-3-5-18(16)21-2)10-13-6-7-17-15(11-13)8-9-20-17/h3-9,11,19-20H,10,12H2,1-2H3. The van der Waals surface area contributed by atoms with Crippen molar-refractivity contribution in [2.75, 3.05) is 14.2 Å². The summed E-state index contributed by atoms with van der Waals surface area (Å²) in [7, 11) is 3.69. The summed E-state index contributed by atoms with van der Waals surface area (Å²) in [5.74, 6) is 0.949. The van der Waals surface area contributed by atoms with E-state index in [9.17, 15) is 0 Å². The molecule has 0 saturated carbocycles. The highest BCUT2D eigenvalue weighted by Gasteiger charge is 2.09. The number of benzene rings is 2. The van der Waals surface area contributed by atoms with Gasteiger partial charge in [0.2, 0.25) is 0 Å². The van der Waals surface area contributed by atoms with Gasteiger partial charge in [0.1, 0.15) is 5.75 Å². The van der Waals surface area contributed by atoms with Crippen LogP contribution in [0.1, 0.15) is 16.7 Å².